The van der Waals surface area contributed by atoms with E-state index in [9.17, 15) is 27.6 Å². The lowest BCUT2D eigenvalue weighted by molar-refractivity contribution is -0.174. The number of ether oxygens (including phenoxy) is 1. The average molecular weight is 435 g/mol. The largest absolute Gasteiger partial charge is 0.471 e. The Morgan fingerprint density at radius 2 is 1.52 bits per heavy atom. The fourth-order valence-corrected chi connectivity index (χ4v) is 3.31. The van der Waals surface area contributed by atoms with Gasteiger partial charge in [-0.3, -0.25) is 9.59 Å². The summed E-state index contributed by atoms with van der Waals surface area (Å²) < 4.78 is 41.8. The minimum atomic E-state index is -5.04. The molecule has 2 aromatic carbocycles. The van der Waals surface area contributed by atoms with Crippen LogP contribution < -0.4 is 10.6 Å². The van der Waals surface area contributed by atoms with Crippen molar-refractivity contribution in [1.29, 1.82) is 0 Å². The van der Waals surface area contributed by atoms with Crippen LogP contribution in [0.15, 0.2) is 48.5 Å². The van der Waals surface area contributed by atoms with Gasteiger partial charge in [-0.25, -0.2) is 4.79 Å². The van der Waals surface area contributed by atoms with Crippen LogP contribution in [0.2, 0.25) is 0 Å². The van der Waals surface area contributed by atoms with Crippen molar-refractivity contribution >= 4 is 17.9 Å². The number of halogens is 3. The Hall–Kier alpha value is -3.56. The second-order valence-electron chi connectivity index (χ2n) is 6.93. The van der Waals surface area contributed by atoms with Crippen molar-refractivity contribution in [3.05, 3.63) is 59.7 Å². The summed E-state index contributed by atoms with van der Waals surface area (Å²) in [6.45, 7) is -1.08. The molecule has 31 heavy (non-hydrogen) atoms. The van der Waals surface area contributed by atoms with E-state index in [0.717, 1.165) is 27.2 Å². The summed E-state index contributed by atoms with van der Waals surface area (Å²) >= 11 is 0. The smallest absolute Gasteiger partial charge is 0.449 e. The van der Waals surface area contributed by atoms with Crippen molar-refractivity contribution in [3.63, 3.8) is 0 Å². The van der Waals surface area contributed by atoms with E-state index >= 15 is 0 Å². The Labute approximate surface area is 176 Å². The van der Waals surface area contributed by atoms with Crippen LogP contribution >= 0.6 is 0 Å². The molecule has 0 radical (unpaired) electrons. The molecule has 0 heterocycles. The van der Waals surface area contributed by atoms with Crippen LogP contribution in [-0.2, 0) is 14.3 Å². The first kappa shape index (κ1) is 22.1. The van der Waals surface area contributed by atoms with Gasteiger partial charge in [0.1, 0.15) is 13.2 Å². The van der Waals surface area contributed by atoms with E-state index in [2.05, 4.69) is 5.32 Å². The van der Waals surface area contributed by atoms with Gasteiger partial charge in [-0.15, -0.1) is 0 Å². The van der Waals surface area contributed by atoms with E-state index < -0.39 is 37.3 Å². The molecule has 2 aromatic rings. The number of alkyl carbamates (subject to hydrolysis) is 1. The zero-order valence-electron chi connectivity index (χ0n) is 16.5. The number of nitrogens with one attached hydrogen (secondary N) is 2. The SMILES string of the molecule is CN(CNC(=O)C(F)(F)F)C(=O)CNC(=O)OCC1c2ccccc2-c2ccccc21. The molecule has 0 aromatic heterocycles. The maximum absolute atomic E-state index is 12.2. The van der Waals surface area contributed by atoms with Crippen LogP contribution in [0, 0.1) is 0 Å². The number of alkyl halides is 3. The molecule has 7 nitrogen and oxygen atoms in total. The maximum atomic E-state index is 12.2. The molecule has 0 saturated heterocycles. The summed E-state index contributed by atoms with van der Waals surface area (Å²) in [5, 5.41) is 3.83. The number of fused-ring (bicyclic) bond motifs is 3. The first-order chi connectivity index (χ1) is 14.7. The van der Waals surface area contributed by atoms with Crippen molar-refractivity contribution in [2.45, 2.75) is 12.1 Å². The van der Waals surface area contributed by atoms with Crippen LogP contribution in [-0.4, -0.2) is 55.9 Å². The van der Waals surface area contributed by atoms with Gasteiger partial charge in [0.15, 0.2) is 0 Å². The Morgan fingerprint density at radius 3 is 2.06 bits per heavy atom. The number of hydrogen-bond donors (Lipinski definition) is 2. The number of hydrogen-bond acceptors (Lipinski definition) is 4. The monoisotopic (exact) mass is 435 g/mol. The topological polar surface area (TPSA) is 87.7 Å². The Balaban J connectivity index is 1.49. The third-order valence-electron chi connectivity index (χ3n) is 4.89. The summed E-state index contributed by atoms with van der Waals surface area (Å²) in [7, 11) is 1.19. The predicted molar refractivity (Wildman–Crippen MR) is 105 cm³/mol. The molecular weight excluding hydrogens is 415 g/mol. The zero-order chi connectivity index (χ0) is 22.6. The van der Waals surface area contributed by atoms with Gasteiger partial charge in [-0.1, -0.05) is 48.5 Å². The highest BCUT2D eigenvalue weighted by atomic mass is 19.4. The highest BCUT2D eigenvalue weighted by Crippen LogP contribution is 2.44. The first-order valence-electron chi connectivity index (χ1n) is 9.36. The summed E-state index contributed by atoms with van der Waals surface area (Å²) in [5.74, 6) is -3.00. The first-order valence-corrected chi connectivity index (χ1v) is 9.36. The van der Waals surface area contributed by atoms with Crippen LogP contribution in [0.4, 0.5) is 18.0 Å². The van der Waals surface area contributed by atoms with E-state index in [1.807, 2.05) is 48.5 Å². The van der Waals surface area contributed by atoms with Crippen molar-refractivity contribution in [2.24, 2.45) is 0 Å². The summed E-state index contributed by atoms with van der Waals surface area (Å²) in [6.07, 6.45) is -5.87. The van der Waals surface area contributed by atoms with Crippen molar-refractivity contribution < 1.29 is 32.3 Å². The summed E-state index contributed by atoms with van der Waals surface area (Å²) in [5.41, 5.74) is 4.22. The lowest BCUT2D eigenvalue weighted by atomic mass is 9.98. The van der Waals surface area contributed by atoms with Crippen LogP contribution in [0.1, 0.15) is 17.0 Å². The van der Waals surface area contributed by atoms with Gasteiger partial charge in [-0.2, -0.15) is 13.2 Å². The highest BCUT2D eigenvalue weighted by molar-refractivity contribution is 5.84. The van der Waals surface area contributed by atoms with Gasteiger partial charge in [0.25, 0.3) is 0 Å². The molecule has 1 aliphatic carbocycles. The number of amides is 3. The molecule has 0 atom stereocenters. The molecule has 10 heteroatoms. The molecule has 0 bridgehead atoms. The summed E-state index contributed by atoms with van der Waals surface area (Å²) in [6, 6.07) is 15.6. The molecule has 164 valence electrons. The average Bonchev–Trinajstić information content (AvgIpc) is 3.07. The van der Waals surface area contributed by atoms with E-state index in [1.54, 1.807) is 5.32 Å². The van der Waals surface area contributed by atoms with Crippen molar-refractivity contribution in [2.75, 3.05) is 26.9 Å². The third-order valence-corrected chi connectivity index (χ3v) is 4.89. The molecule has 3 rings (SSSR count). The fraction of sp³-hybridized carbons (Fsp3) is 0.286. The highest BCUT2D eigenvalue weighted by Gasteiger charge is 2.38. The minimum Gasteiger partial charge on any atom is -0.449 e. The number of nitrogens with zero attached hydrogens (tertiary/aromatic N) is 1. The second kappa shape index (κ2) is 9.07. The van der Waals surface area contributed by atoms with Crippen LogP contribution in [0.25, 0.3) is 11.1 Å². The zero-order valence-corrected chi connectivity index (χ0v) is 16.5. The second-order valence-corrected chi connectivity index (χ2v) is 6.93. The van der Waals surface area contributed by atoms with E-state index in [0.29, 0.717) is 0 Å². The van der Waals surface area contributed by atoms with Crippen molar-refractivity contribution in [1.82, 2.24) is 15.5 Å². The van der Waals surface area contributed by atoms with Gasteiger partial charge in [0.05, 0.1) is 6.67 Å². The normalized spacial score (nSPS) is 12.5. The molecule has 0 saturated carbocycles. The number of benzene rings is 2. The number of rotatable bonds is 6. The lowest BCUT2D eigenvalue weighted by Gasteiger charge is -2.19. The lowest BCUT2D eigenvalue weighted by Crippen LogP contribution is -2.46. The van der Waals surface area contributed by atoms with E-state index in [1.165, 1.54) is 7.05 Å². The van der Waals surface area contributed by atoms with Crippen LogP contribution in [0.5, 0.6) is 0 Å². The number of carbonyl (C=O) groups excluding carboxylic acids is 3. The third kappa shape index (κ3) is 5.14. The van der Waals surface area contributed by atoms with Gasteiger partial charge < -0.3 is 20.3 Å². The quantitative estimate of drug-likeness (QED) is 0.683. The molecule has 0 aliphatic heterocycles. The van der Waals surface area contributed by atoms with Gasteiger partial charge in [-0.05, 0) is 22.3 Å². The molecule has 1 aliphatic rings. The van der Waals surface area contributed by atoms with Gasteiger partial charge in [0, 0.05) is 13.0 Å². The van der Waals surface area contributed by atoms with E-state index in [4.69, 9.17) is 4.74 Å². The molecule has 2 N–H and O–H groups in total. The fourth-order valence-electron chi connectivity index (χ4n) is 3.31. The Kier molecular flexibility index (Phi) is 6.47. The molecular formula is C21H20F3N3O4. The van der Waals surface area contributed by atoms with Gasteiger partial charge >= 0.3 is 18.2 Å². The molecule has 0 spiro atoms. The van der Waals surface area contributed by atoms with Gasteiger partial charge in [0.2, 0.25) is 5.91 Å². The Bertz CT molecular complexity index is 948. The Morgan fingerprint density at radius 1 is 0.968 bits per heavy atom. The van der Waals surface area contributed by atoms with Crippen molar-refractivity contribution in [3.8, 4) is 11.1 Å². The number of likely N-dealkylation sites (N-methyl/N-ethyl adjacent to an activating group) is 1. The summed E-state index contributed by atoms with van der Waals surface area (Å²) in [4.78, 5) is 35.6. The standard InChI is InChI=1S/C21H20F3N3O4/c1-27(12-26-19(29)21(22,23)24)18(28)10-25-20(30)31-11-17-15-8-4-2-6-13(15)14-7-3-5-9-16(14)17/h2-9,17H,10-12H2,1H3,(H,25,30)(H,26,29). The van der Waals surface area contributed by atoms with Crippen LogP contribution in [0.3, 0.4) is 0 Å². The minimum absolute atomic E-state index is 0.0610. The maximum Gasteiger partial charge on any atom is 0.471 e. The number of carbonyl (C=O) groups is 3. The van der Waals surface area contributed by atoms with E-state index in [-0.39, 0.29) is 12.5 Å². The molecule has 0 unspecified atom stereocenters. The predicted octanol–water partition coefficient (Wildman–Crippen LogP) is 2.62. The molecule has 0 fully saturated rings. The molecule has 3 amide bonds.